The minimum absolute atomic E-state index is 0.599. The molecule has 0 saturated carbocycles. The SMILES string of the molecule is CCC(C)c1c2c(nc3ccccc13)CCCNC2. The summed E-state index contributed by atoms with van der Waals surface area (Å²) in [5.74, 6) is 0.599. The van der Waals surface area contributed by atoms with E-state index in [0.29, 0.717) is 5.92 Å². The van der Waals surface area contributed by atoms with Gasteiger partial charge in [-0.05, 0) is 48.9 Å². The summed E-state index contributed by atoms with van der Waals surface area (Å²) in [6, 6.07) is 8.61. The molecular formula is C17H22N2. The maximum Gasteiger partial charge on any atom is 0.0708 e. The molecule has 1 aliphatic heterocycles. The van der Waals surface area contributed by atoms with E-state index >= 15 is 0 Å². The normalized spacial score (nSPS) is 16.9. The van der Waals surface area contributed by atoms with E-state index in [1.54, 1.807) is 0 Å². The Bertz CT molecular complexity index is 589. The van der Waals surface area contributed by atoms with Crippen molar-refractivity contribution in [3.8, 4) is 0 Å². The molecule has 0 saturated heterocycles. The lowest BCUT2D eigenvalue weighted by molar-refractivity contribution is 0.669. The smallest absolute Gasteiger partial charge is 0.0708 e. The van der Waals surface area contributed by atoms with Crippen molar-refractivity contribution in [1.82, 2.24) is 10.3 Å². The number of nitrogens with one attached hydrogen (secondary N) is 1. The maximum atomic E-state index is 4.91. The molecule has 0 radical (unpaired) electrons. The molecule has 1 aromatic heterocycles. The lowest BCUT2D eigenvalue weighted by Gasteiger charge is -2.19. The van der Waals surface area contributed by atoms with Crippen molar-refractivity contribution in [2.24, 2.45) is 0 Å². The fraction of sp³-hybridized carbons (Fsp3) is 0.471. The molecule has 0 fully saturated rings. The van der Waals surface area contributed by atoms with E-state index in [-0.39, 0.29) is 0 Å². The Morgan fingerprint density at radius 3 is 3.00 bits per heavy atom. The van der Waals surface area contributed by atoms with Gasteiger partial charge < -0.3 is 5.32 Å². The minimum Gasteiger partial charge on any atom is -0.313 e. The Morgan fingerprint density at radius 2 is 2.16 bits per heavy atom. The highest BCUT2D eigenvalue weighted by Gasteiger charge is 2.19. The Balaban J connectivity index is 2.29. The van der Waals surface area contributed by atoms with Crippen LogP contribution < -0.4 is 5.32 Å². The molecule has 2 heterocycles. The molecule has 2 aromatic rings. The van der Waals surface area contributed by atoms with E-state index in [0.717, 1.165) is 19.5 Å². The van der Waals surface area contributed by atoms with E-state index in [2.05, 4.69) is 43.4 Å². The fourth-order valence-corrected chi connectivity index (χ4v) is 3.10. The zero-order valence-corrected chi connectivity index (χ0v) is 11.9. The number of aromatic nitrogens is 1. The van der Waals surface area contributed by atoms with Crippen molar-refractivity contribution in [3.05, 3.63) is 41.1 Å². The number of benzene rings is 1. The van der Waals surface area contributed by atoms with Crippen LogP contribution in [-0.4, -0.2) is 11.5 Å². The molecule has 1 atom stereocenters. The molecular weight excluding hydrogens is 232 g/mol. The third-order valence-electron chi connectivity index (χ3n) is 4.30. The summed E-state index contributed by atoms with van der Waals surface area (Å²) in [5, 5.41) is 4.89. The predicted octanol–water partition coefficient (Wildman–Crippen LogP) is 3.78. The van der Waals surface area contributed by atoms with Crippen LogP contribution in [0.25, 0.3) is 10.9 Å². The highest BCUT2D eigenvalue weighted by molar-refractivity contribution is 5.84. The van der Waals surface area contributed by atoms with Gasteiger partial charge >= 0.3 is 0 Å². The van der Waals surface area contributed by atoms with Gasteiger partial charge in [0.05, 0.1) is 5.52 Å². The first-order valence-electron chi connectivity index (χ1n) is 7.42. The number of rotatable bonds is 2. The van der Waals surface area contributed by atoms with E-state index in [1.807, 2.05) is 0 Å². The van der Waals surface area contributed by atoms with Crippen LogP contribution >= 0.6 is 0 Å². The molecule has 2 heteroatoms. The van der Waals surface area contributed by atoms with Gasteiger partial charge in [0.25, 0.3) is 0 Å². The van der Waals surface area contributed by atoms with Crippen molar-refractivity contribution in [2.75, 3.05) is 6.54 Å². The third kappa shape index (κ3) is 2.25. The molecule has 0 bridgehead atoms. The summed E-state index contributed by atoms with van der Waals surface area (Å²) in [6.45, 7) is 6.70. The van der Waals surface area contributed by atoms with Gasteiger partial charge in [-0.2, -0.15) is 0 Å². The van der Waals surface area contributed by atoms with Crippen LogP contribution in [0.1, 0.15) is 49.4 Å². The Kier molecular flexibility index (Phi) is 3.52. The van der Waals surface area contributed by atoms with E-state index < -0.39 is 0 Å². The number of pyridine rings is 1. The minimum atomic E-state index is 0.599. The van der Waals surface area contributed by atoms with Crippen LogP contribution in [0.4, 0.5) is 0 Å². The Hall–Kier alpha value is -1.41. The van der Waals surface area contributed by atoms with Crippen molar-refractivity contribution in [2.45, 2.75) is 45.6 Å². The van der Waals surface area contributed by atoms with Gasteiger partial charge in [-0.1, -0.05) is 32.0 Å². The first-order chi connectivity index (χ1) is 9.31. The predicted molar refractivity (Wildman–Crippen MR) is 80.5 cm³/mol. The lowest BCUT2D eigenvalue weighted by atomic mass is 9.89. The highest BCUT2D eigenvalue weighted by atomic mass is 14.9. The zero-order chi connectivity index (χ0) is 13.2. The van der Waals surface area contributed by atoms with Crippen LogP contribution in [0.2, 0.25) is 0 Å². The molecule has 1 unspecified atom stereocenters. The molecule has 0 spiro atoms. The first-order valence-corrected chi connectivity index (χ1v) is 7.42. The number of fused-ring (bicyclic) bond motifs is 2. The molecule has 100 valence electrons. The molecule has 19 heavy (non-hydrogen) atoms. The number of hydrogen-bond donors (Lipinski definition) is 1. The van der Waals surface area contributed by atoms with Crippen molar-refractivity contribution >= 4 is 10.9 Å². The Labute approximate surface area is 115 Å². The summed E-state index contributed by atoms with van der Waals surface area (Å²) < 4.78 is 0. The second kappa shape index (κ2) is 5.30. The molecule has 3 rings (SSSR count). The maximum absolute atomic E-state index is 4.91. The molecule has 1 aliphatic rings. The summed E-state index contributed by atoms with van der Waals surface area (Å²) >= 11 is 0. The fourth-order valence-electron chi connectivity index (χ4n) is 3.10. The van der Waals surface area contributed by atoms with Gasteiger partial charge in [-0.3, -0.25) is 4.98 Å². The first kappa shape index (κ1) is 12.6. The van der Waals surface area contributed by atoms with Gasteiger partial charge in [-0.15, -0.1) is 0 Å². The van der Waals surface area contributed by atoms with E-state index in [1.165, 1.54) is 40.6 Å². The average Bonchev–Trinajstić information content (AvgIpc) is 2.69. The number of aryl methyl sites for hydroxylation is 1. The summed E-state index contributed by atoms with van der Waals surface area (Å²) in [7, 11) is 0. The highest BCUT2D eigenvalue weighted by Crippen LogP contribution is 2.32. The van der Waals surface area contributed by atoms with Crippen LogP contribution in [-0.2, 0) is 13.0 Å². The second-order valence-electron chi connectivity index (χ2n) is 5.56. The molecule has 0 aliphatic carbocycles. The standard InChI is InChI=1S/C17H22N2/c1-3-12(2)17-13-7-4-5-8-15(13)19-16-9-6-10-18-11-14(16)17/h4-5,7-8,12,18H,3,6,9-11H2,1-2H3. The van der Waals surface area contributed by atoms with Gasteiger partial charge in [-0.25, -0.2) is 0 Å². The molecule has 2 nitrogen and oxygen atoms in total. The number of nitrogens with zero attached hydrogens (tertiary/aromatic N) is 1. The van der Waals surface area contributed by atoms with E-state index in [4.69, 9.17) is 4.98 Å². The molecule has 0 amide bonds. The van der Waals surface area contributed by atoms with Gasteiger partial charge in [0, 0.05) is 17.6 Å². The number of hydrogen-bond acceptors (Lipinski definition) is 2. The second-order valence-corrected chi connectivity index (χ2v) is 5.56. The molecule has 1 N–H and O–H groups in total. The third-order valence-corrected chi connectivity index (χ3v) is 4.30. The summed E-state index contributed by atoms with van der Waals surface area (Å²) in [5.41, 5.74) is 5.47. The van der Waals surface area contributed by atoms with Crippen LogP contribution in [0.5, 0.6) is 0 Å². The monoisotopic (exact) mass is 254 g/mol. The van der Waals surface area contributed by atoms with Gasteiger partial charge in [0.1, 0.15) is 0 Å². The van der Waals surface area contributed by atoms with E-state index in [9.17, 15) is 0 Å². The molecule has 1 aromatic carbocycles. The number of para-hydroxylation sites is 1. The van der Waals surface area contributed by atoms with Crippen molar-refractivity contribution < 1.29 is 0 Å². The van der Waals surface area contributed by atoms with Crippen molar-refractivity contribution in [1.29, 1.82) is 0 Å². The topological polar surface area (TPSA) is 24.9 Å². The average molecular weight is 254 g/mol. The Morgan fingerprint density at radius 1 is 1.32 bits per heavy atom. The quantitative estimate of drug-likeness (QED) is 0.882. The van der Waals surface area contributed by atoms with Crippen LogP contribution in [0, 0.1) is 0 Å². The zero-order valence-electron chi connectivity index (χ0n) is 11.9. The van der Waals surface area contributed by atoms with Gasteiger partial charge in [0.15, 0.2) is 0 Å². The lowest BCUT2D eigenvalue weighted by Crippen LogP contribution is -2.14. The van der Waals surface area contributed by atoms with Crippen molar-refractivity contribution in [3.63, 3.8) is 0 Å². The largest absolute Gasteiger partial charge is 0.313 e. The summed E-state index contributed by atoms with van der Waals surface area (Å²) in [4.78, 5) is 4.91. The van der Waals surface area contributed by atoms with Crippen LogP contribution in [0.3, 0.4) is 0 Å². The van der Waals surface area contributed by atoms with Gasteiger partial charge in [0.2, 0.25) is 0 Å². The van der Waals surface area contributed by atoms with Crippen LogP contribution in [0.15, 0.2) is 24.3 Å². The summed E-state index contributed by atoms with van der Waals surface area (Å²) in [6.07, 6.45) is 3.48.